The molecule has 1 amide bonds. The van der Waals surface area contributed by atoms with E-state index in [1.807, 2.05) is 0 Å². The second-order valence-corrected chi connectivity index (χ2v) is 5.05. The summed E-state index contributed by atoms with van der Waals surface area (Å²) in [7, 11) is 0. The van der Waals surface area contributed by atoms with Crippen molar-refractivity contribution in [1.82, 2.24) is 0 Å². The Hall–Kier alpha value is -2.97. The van der Waals surface area contributed by atoms with Gasteiger partial charge in [-0.3, -0.25) is 9.59 Å². The summed E-state index contributed by atoms with van der Waals surface area (Å²) >= 11 is 0. The van der Waals surface area contributed by atoms with Crippen LogP contribution in [0.4, 0.5) is 27.6 Å². The summed E-state index contributed by atoms with van der Waals surface area (Å²) in [5.74, 6) is -12.4. The van der Waals surface area contributed by atoms with Crippen LogP contribution in [0.25, 0.3) is 0 Å². The lowest BCUT2D eigenvalue weighted by atomic mass is 10.1. The van der Waals surface area contributed by atoms with Crippen molar-refractivity contribution in [3.63, 3.8) is 0 Å². The molecule has 1 N–H and O–H groups in total. The first kappa shape index (κ1) is 19.4. The SMILES string of the molecule is CCC(=O)c1ccccc1OCC(=O)Nc1c(F)c(F)c(F)c(F)c1F. The number of carbonyl (C=O) groups is 2. The van der Waals surface area contributed by atoms with Gasteiger partial charge in [-0.25, -0.2) is 22.0 Å². The lowest BCUT2D eigenvalue weighted by Gasteiger charge is -2.12. The zero-order valence-corrected chi connectivity index (χ0v) is 13.3. The van der Waals surface area contributed by atoms with Crippen LogP contribution in [-0.2, 0) is 4.79 Å². The van der Waals surface area contributed by atoms with Crippen molar-refractivity contribution in [3.8, 4) is 5.75 Å². The van der Waals surface area contributed by atoms with E-state index in [2.05, 4.69) is 0 Å². The van der Waals surface area contributed by atoms with Gasteiger partial charge in [0.15, 0.2) is 35.7 Å². The van der Waals surface area contributed by atoms with E-state index in [4.69, 9.17) is 4.74 Å². The smallest absolute Gasteiger partial charge is 0.262 e. The van der Waals surface area contributed by atoms with Gasteiger partial charge >= 0.3 is 0 Å². The molecule has 0 atom stereocenters. The van der Waals surface area contributed by atoms with Crippen LogP contribution in [0.3, 0.4) is 0 Å². The molecule has 138 valence electrons. The van der Waals surface area contributed by atoms with Crippen LogP contribution in [0.1, 0.15) is 23.7 Å². The first-order valence-electron chi connectivity index (χ1n) is 7.34. The Kier molecular flexibility index (Phi) is 5.91. The fourth-order valence-electron chi connectivity index (χ4n) is 2.05. The number of hydrogen-bond acceptors (Lipinski definition) is 3. The normalized spacial score (nSPS) is 10.5. The molecule has 0 aromatic heterocycles. The minimum atomic E-state index is -2.33. The highest BCUT2D eigenvalue weighted by Crippen LogP contribution is 2.27. The molecule has 0 saturated heterocycles. The Morgan fingerprint density at radius 2 is 1.46 bits per heavy atom. The Bertz CT molecular complexity index is 841. The van der Waals surface area contributed by atoms with Crippen LogP contribution in [-0.4, -0.2) is 18.3 Å². The Morgan fingerprint density at radius 3 is 2.04 bits per heavy atom. The third-order valence-electron chi connectivity index (χ3n) is 3.34. The minimum Gasteiger partial charge on any atom is -0.483 e. The monoisotopic (exact) mass is 373 g/mol. The van der Waals surface area contributed by atoms with Crippen molar-refractivity contribution in [3.05, 3.63) is 58.9 Å². The Morgan fingerprint density at radius 1 is 0.923 bits per heavy atom. The highest BCUT2D eigenvalue weighted by Gasteiger charge is 2.27. The zero-order chi connectivity index (χ0) is 19.4. The molecule has 0 fully saturated rings. The third-order valence-corrected chi connectivity index (χ3v) is 3.34. The van der Waals surface area contributed by atoms with Crippen LogP contribution in [0, 0.1) is 29.1 Å². The number of halogens is 5. The lowest BCUT2D eigenvalue weighted by molar-refractivity contribution is -0.118. The van der Waals surface area contributed by atoms with E-state index in [-0.39, 0.29) is 23.5 Å². The quantitative estimate of drug-likeness (QED) is 0.361. The van der Waals surface area contributed by atoms with Gasteiger partial charge in [0.2, 0.25) is 5.82 Å². The zero-order valence-electron chi connectivity index (χ0n) is 13.3. The molecule has 9 heteroatoms. The molecule has 0 unspecified atom stereocenters. The largest absolute Gasteiger partial charge is 0.483 e. The molecule has 0 spiro atoms. The second-order valence-electron chi connectivity index (χ2n) is 5.05. The highest BCUT2D eigenvalue weighted by atomic mass is 19.2. The number of rotatable bonds is 6. The molecular formula is C17H12F5NO3. The number of carbonyl (C=O) groups excluding carboxylic acids is 2. The molecular weight excluding hydrogens is 361 g/mol. The van der Waals surface area contributed by atoms with Crippen molar-refractivity contribution < 1.29 is 36.3 Å². The van der Waals surface area contributed by atoms with E-state index in [9.17, 15) is 31.5 Å². The number of nitrogens with one attached hydrogen (secondary N) is 1. The second kappa shape index (κ2) is 7.94. The van der Waals surface area contributed by atoms with Gasteiger partial charge in [0, 0.05) is 6.42 Å². The van der Waals surface area contributed by atoms with Crippen molar-refractivity contribution in [2.45, 2.75) is 13.3 Å². The number of para-hydroxylation sites is 1. The number of ether oxygens (including phenoxy) is 1. The minimum absolute atomic E-state index is 0.0481. The van der Waals surface area contributed by atoms with E-state index in [0.29, 0.717) is 0 Å². The van der Waals surface area contributed by atoms with Gasteiger partial charge in [-0.2, -0.15) is 0 Å². The fraction of sp³-hybridized carbons (Fsp3) is 0.176. The summed E-state index contributed by atoms with van der Waals surface area (Å²) < 4.78 is 71.3. The molecule has 0 radical (unpaired) electrons. The predicted octanol–water partition coefficient (Wildman–Crippen LogP) is 3.99. The summed E-state index contributed by atoms with van der Waals surface area (Å²) in [5, 5.41) is 1.57. The molecule has 0 aliphatic carbocycles. The molecule has 4 nitrogen and oxygen atoms in total. The summed E-state index contributed by atoms with van der Waals surface area (Å²) in [6.07, 6.45) is 0.178. The first-order chi connectivity index (χ1) is 12.3. The fourth-order valence-corrected chi connectivity index (χ4v) is 2.05. The molecule has 26 heavy (non-hydrogen) atoms. The number of amides is 1. The van der Waals surface area contributed by atoms with Crippen LogP contribution in [0.5, 0.6) is 5.75 Å². The molecule has 0 aliphatic heterocycles. The van der Waals surface area contributed by atoms with E-state index >= 15 is 0 Å². The van der Waals surface area contributed by atoms with Crippen LogP contribution in [0.15, 0.2) is 24.3 Å². The number of Topliss-reactive ketones (excluding diaryl/α,β-unsaturated/α-hetero) is 1. The summed E-state index contributed by atoms with van der Waals surface area (Å²) in [6.45, 7) is 0.808. The van der Waals surface area contributed by atoms with E-state index in [1.54, 1.807) is 18.3 Å². The van der Waals surface area contributed by atoms with Gasteiger partial charge in [0.05, 0.1) is 5.56 Å². The van der Waals surface area contributed by atoms with Crippen LogP contribution < -0.4 is 10.1 Å². The van der Waals surface area contributed by atoms with Crippen molar-refractivity contribution in [2.24, 2.45) is 0 Å². The predicted molar refractivity (Wildman–Crippen MR) is 81.4 cm³/mol. The molecule has 2 rings (SSSR count). The molecule has 2 aromatic rings. The van der Waals surface area contributed by atoms with Gasteiger partial charge in [-0.15, -0.1) is 0 Å². The van der Waals surface area contributed by atoms with Gasteiger partial charge in [0.1, 0.15) is 11.4 Å². The molecule has 2 aromatic carbocycles. The summed E-state index contributed by atoms with van der Waals surface area (Å²) in [4.78, 5) is 23.5. The van der Waals surface area contributed by atoms with E-state index < -0.39 is 47.3 Å². The average Bonchev–Trinajstić information content (AvgIpc) is 2.66. The van der Waals surface area contributed by atoms with Crippen molar-refractivity contribution in [2.75, 3.05) is 11.9 Å². The summed E-state index contributed by atoms with van der Waals surface area (Å²) in [5.41, 5.74) is -1.29. The van der Waals surface area contributed by atoms with Gasteiger partial charge in [-0.1, -0.05) is 19.1 Å². The number of benzene rings is 2. The highest BCUT2D eigenvalue weighted by molar-refractivity contribution is 5.98. The van der Waals surface area contributed by atoms with Crippen LogP contribution >= 0.6 is 0 Å². The number of ketones is 1. The molecule has 0 saturated carbocycles. The topological polar surface area (TPSA) is 55.4 Å². The van der Waals surface area contributed by atoms with E-state index in [0.717, 1.165) is 0 Å². The maximum absolute atomic E-state index is 13.5. The van der Waals surface area contributed by atoms with Gasteiger partial charge < -0.3 is 10.1 Å². The van der Waals surface area contributed by atoms with E-state index in [1.165, 1.54) is 18.2 Å². The van der Waals surface area contributed by atoms with Gasteiger partial charge in [-0.05, 0) is 12.1 Å². The number of hydrogen-bond donors (Lipinski definition) is 1. The van der Waals surface area contributed by atoms with Crippen molar-refractivity contribution in [1.29, 1.82) is 0 Å². The maximum atomic E-state index is 13.5. The molecule has 0 aliphatic rings. The van der Waals surface area contributed by atoms with Crippen molar-refractivity contribution >= 4 is 17.4 Å². The Labute approximate surface area is 144 Å². The maximum Gasteiger partial charge on any atom is 0.262 e. The third kappa shape index (κ3) is 3.81. The standard InChI is InChI=1S/C17H12F5NO3/c1-2-9(24)8-5-3-4-6-10(8)26-7-11(25)23-17-15(21)13(19)12(18)14(20)16(17)22/h3-6H,2,7H2,1H3,(H,23,25). The van der Waals surface area contributed by atoms with Gasteiger partial charge in [0.25, 0.3) is 5.91 Å². The molecule has 0 bridgehead atoms. The Balaban J connectivity index is 2.16. The van der Waals surface area contributed by atoms with Crippen LogP contribution in [0.2, 0.25) is 0 Å². The first-order valence-corrected chi connectivity index (χ1v) is 7.34. The lowest BCUT2D eigenvalue weighted by Crippen LogP contribution is -2.23. The number of anilines is 1. The average molecular weight is 373 g/mol. The summed E-state index contributed by atoms with van der Waals surface area (Å²) in [6, 6.07) is 5.96. The molecule has 0 heterocycles.